The minimum Gasteiger partial charge on any atom is -0.346 e. The summed E-state index contributed by atoms with van der Waals surface area (Å²) < 4.78 is 77.9. The second-order valence-electron chi connectivity index (χ2n) is 7.38. The minimum atomic E-state index is -5.04. The van der Waals surface area contributed by atoms with E-state index in [0.717, 1.165) is 12.8 Å². The van der Waals surface area contributed by atoms with E-state index in [2.05, 4.69) is 10.6 Å². The number of benzene rings is 2. The maximum atomic E-state index is 13.0. The van der Waals surface area contributed by atoms with Crippen molar-refractivity contribution in [3.05, 3.63) is 64.7 Å². The van der Waals surface area contributed by atoms with Crippen LogP contribution >= 0.6 is 0 Å². The molecule has 0 saturated heterocycles. The van der Waals surface area contributed by atoms with E-state index in [-0.39, 0.29) is 17.9 Å². The predicted molar refractivity (Wildman–Crippen MR) is 100 cm³/mol. The molecule has 0 heterocycles. The van der Waals surface area contributed by atoms with Gasteiger partial charge in [-0.3, -0.25) is 9.59 Å². The Morgan fingerprint density at radius 2 is 1.42 bits per heavy atom. The molecule has 2 N–H and O–H groups in total. The van der Waals surface area contributed by atoms with Crippen molar-refractivity contribution in [3.8, 4) is 0 Å². The van der Waals surface area contributed by atoms with E-state index in [1.165, 1.54) is 6.92 Å². The number of hydrogen-bond donors (Lipinski definition) is 2. The lowest BCUT2D eigenvalue weighted by molar-refractivity contribution is -0.143. The average Bonchev–Trinajstić information content (AvgIpc) is 3.52. The summed E-state index contributed by atoms with van der Waals surface area (Å²) in [5.41, 5.74) is -2.76. The Bertz CT molecular complexity index is 947. The Balaban J connectivity index is 1.75. The number of alkyl halides is 6. The van der Waals surface area contributed by atoms with Crippen LogP contribution in [0.3, 0.4) is 0 Å². The quantitative estimate of drug-likeness (QED) is 0.593. The van der Waals surface area contributed by atoms with Gasteiger partial charge < -0.3 is 10.6 Å². The van der Waals surface area contributed by atoms with Gasteiger partial charge in [0, 0.05) is 17.2 Å². The molecule has 4 nitrogen and oxygen atoms in total. The van der Waals surface area contributed by atoms with Crippen molar-refractivity contribution in [1.82, 2.24) is 5.32 Å². The van der Waals surface area contributed by atoms with Gasteiger partial charge >= 0.3 is 12.4 Å². The molecular weight excluding hydrogens is 426 g/mol. The summed E-state index contributed by atoms with van der Waals surface area (Å²) in [6.45, 7) is 1.54. The number of halogens is 6. The van der Waals surface area contributed by atoms with Crippen molar-refractivity contribution in [3.63, 3.8) is 0 Å². The molecule has 1 fully saturated rings. The third kappa shape index (κ3) is 5.77. The van der Waals surface area contributed by atoms with Gasteiger partial charge in [0.1, 0.15) is 0 Å². The van der Waals surface area contributed by atoms with E-state index in [9.17, 15) is 35.9 Å². The molecule has 1 aliphatic carbocycles. The largest absolute Gasteiger partial charge is 0.416 e. The molecule has 166 valence electrons. The fourth-order valence-electron chi connectivity index (χ4n) is 2.89. The monoisotopic (exact) mass is 444 g/mol. The zero-order chi connectivity index (χ0) is 23.0. The predicted octanol–water partition coefficient (Wildman–Crippen LogP) is 5.56. The first-order chi connectivity index (χ1) is 14.3. The second-order valence-corrected chi connectivity index (χ2v) is 7.38. The first-order valence-corrected chi connectivity index (χ1v) is 9.36. The van der Waals surface area contributed by atoms with Gasteiger partial charge in [-0.15, -0.1) is 0 Å². The molecule has 0 spiro atoms. The molecule has 0 radical (unpaired) electrons. The highest BCUT2D eigenvalue weighted by atomic mass is 19.4. The molecule has 2 amide bonds. The summed E-state index contributed by atoms with van der Waals surface area (Å²) in [5, 5.41) is 5.14. The Hall–Kier alpha value is -3.04. The van der Waals surface area contributed by atoms with Gasteiger partial charge in [-0.1, -0.05) is 12.1 Å². The summed E-state index contributed by atoms with van der Waals surface area (Å²) in [4.78, 5) is 24.1. The summed E-state index contributed by atoms with van der Waals surface area (Å²) in [7, 11) is 0. The molecule has 1 aliphatic rings. The SMILES string of the molecule is CC(NC(=O)c1cc(C(F)(F)F)cc(C(F)(F)F)c1)c1ccc(NC(=O)C2CC2)cc1. The van der Waals surface area contributed by atoms with Crippen LogP contribution in [0, 0.1) is 5.92 Å². The van der Waals surface area contributed by atoms with Gasteiger partial charge in [0.05, 0.1) is 17.2 Å². The molecule has 1 unspecified atom stereocenters. The van der Waals surface area contributed by atoms with Crippen molar-refractivity contribution < 1.29 is 35.9 Å². The standard InChI is InChI=1S/C21H18F6N2O2/c1-11(12-4-6-17(7-5-12)29-18(30)13-2-3-13)28-19(31)14-8-15(20(22,23)24)10-16(9-14)21(25,26)27/h4-11,13H,2-3H2,1H3,(H,28,31)(H,29,30). The summed E-state index contributed by atoms with van der Waals surface area (Å²) in [6.07, 6.45) is -8.39. The lowest BCUT2D eigenvalue weighted by Gasteiger charge is -2.17. The second kappa shape index (κ2) is 8.24. The number of anilines is 1. The highest BCUT2D eigenvalue weighted by molar-refractivity contribution is 5.95. The van der Waals surface area contributed by atoms with Crippen LogP contribution in [0.2, 0.25) is 0 Å². The number of rotatable bonds is 5. The summed E-state index contributed by atoms with van der Waals surface area (Å²) >= 11 is 0. The van der Waals surface area contributed by atoms with Crippen LogP contribution in [0.5, 0.6) is 0 Å². The van der Waals surface area contributed by atoms with Gasteiger partial charge in [-0.25, -0.2) is 0 Å². The van der Waals surface area contributed by atoms with Crippen LogP contribution in [0.1, 0.15) is 52.9 Å². The maximum Gasteiger partial charge on any atom is 0.416 e. The number of carbonyl (C=O) groups is 2. The molecule has 1 atom stereocenters. The fraction of sp³-hybridized carbons (Fsp3) is 0.333. The third-order valence-corrected chi connectivity index (χ3v) is 4.82. The molecule has 10 heteroatoms. The van der Waals surface area contributed by atoms with Crippen LogP contribution in [0.4, 0.5) is 32.0 Å². The van der Waals surface area contributed by atoms with Crippen molar-refractivity contribution in [2.75, 3.05) is 5.32 Å². The Labute approximate surface area is 173 Å². The van der Waals surface area contributed by atoms with E-state index in [0.29, 0.717) is 23.4 Å². The van der Waals surface area contributed by atoms with Crippen molar-refractivity contribution >= 4 is 17.5 Å². The van der Waals surface area contributed by atoms with Gasteiger partial charge in [0.15, 0.2) is 0 Å². The van der Waals surface area contributed by atoms with Crippen LogP contribution in [0.25, 0.3) is 0 Å². The molecular formula is C21H18F6N2O2. The van der Waals surface area contributed by atoms with Crippen LogP contribution in [-0.2, 0) is 17.1 Å². The van der Waals surface area contributed by atoms with Crippen molar-refractivity contribution in [2.24, 2.45) is 5.92 Å². The zero-order valence-corrected chi connectivity index (χ0v) is 16.2. The number of nitrogens with one attached hydrogen (secondary N) is 2. The number of carbonyl (C=O) groups excluding carboxylic acids is 2. The average molecular weight is 444 g/mol. The minimum absolute atomic E-state index is 0.0203. The summed E-state index contributed by atoms with van der Waals surface area (Å²) in [6, 6.07) is 6.43. The van der Waals surface area contributed by atoms with E-state index >= 15 is 0 Å². The Kier molecular flexibility index (Phi) is 6.02. The lowest BCUT2D eigenvalue weighted by Crippen LogP contribution is -2.27. The molecule has 0 aromatic heterocycles. The van der Waals surface area contributed by atoms with Gasteiger partial charge in [0.2, 0.25) is 5.91 Å². The van der Waals surface area contributed by atoms with E-state index in [1.54, 1.807) is 24.3 Å². The molecule has 31 heavy (non-hydrogen) atoms. The van der Waals surface area contributed by atoms with Crippen LogP contribution in [-0.4, -0.2) is 11.8 Å². The maximum absolute atomic E-state index is 13.0. The molecule has 2 aromatic carbocycles. The third-order valence-electron chi connectivity index (χ3n) is 4.82. The topological polar surface area (TPSA) is 58.2 Å². The first kappa shape index (κ1) is 22.6. The first-order valence-electron chi connectivity index (χ1n) is 9.36. The van der Waals surface area contributed by atoms with Gasteiger partial charge in [-0.2, -0.15) is 26.3 Å². The lowest BCUT2D eigenvalue weighted by atomic mass is 10.0. The van der Waals surface area contributed by atoms with Crippen molar-refractivity contribution in [2.45, 2.75) is 38.2 Å². The highest BCUT2D eigenvalue weighted by Gasteiger charge is 2.37. The molecule has 0 aliphatic heterocycles. The Morgan fingerprint density at radius 3 is 1.87 bits per heavy atom. The zero-order valence-electron chi connectivity index (χ0n) is 16.2. The van der Waals surface area contributed by atoms with E-state index < -0.39 is 41.0 Å². The number of amides is 2. The van der Waals surface area contributed by atoms with Crippen LogP contribution in [0.15, 0.2) is 42.5 Å². The molecule has 1 saturated carbocycles. The normalized spacial score (nSPS) is 15.3. The highest BCUT2D eigenvalue weighted by Crippen LogP contribution is 2.36. The van der Waals surface area contributed by atoms with Gasteiger partial charge in [0.25, 0.3) is 5.91 Å². The van der Waals surface area contributed by atoms with Crippen LogP contribution < -0.4 is 10.6 Å². The van der Waals surface area contributed by atoms with E-state index in [4.69, 9.17) is 0 Å². The Morgan fingerprint density at radius 1 is 0.903 bits per heavy atom. The smallest absolute Gasteiger partial charge is 0.346 e. The molecule has 0 bridgehead atoms. The molecule has 2 aromatic rings. The van der Waals surface area contributed by atoms with Gasteiger partial charge in [-0.05, 0) is 55.7 Å². The summed E-state index contributed by atoms with van der Waals surface area (Å²) in [5.74, 6) is -1.14. The van der Waals surface area contributed by atoms with Crippen molar-refractivity contribution in [1.29, 1.82) is 0 Å². The fourth-order valence-corrected chi connectivity index (χ4v) is 2.89. The molecule has 3 rings (SSSR count). The number of hydrogen-bond acceptors (Lipinski definition) is 2. The van der Waals surface area contributed by atoms with E-state index in [1.807, 2.05) is 0 Å².